The molecule has 19 heavy (non-hydrogen) atoms. The van der Waals surface area contributed by atoms with E-state index in [0.717, 1.165) is 30.6 Å². The van der Waals surface area contributed by atoms with E-state index < -0.39 is 25.0 Å². The van der Waals surface area contributed by atoms with Crippen LogP contribution < -0.4 is 5.32 Å². The van der Waals surface area contributed by atoms with Crippen molar-refractivity contribution in [3.05, 3.63) is 0 Å². The van der Waals surface area contributed by atoms with Gasteiger partial charge in [0.2, 0.25) is 5.91 Å². The van der Waals surface area contributed by atoms with Crippen LogP contribution in [0.5, 0.6) is 0 Å². The van der Waals surface area contributed by atoms with Gasteiger partial charge >= 0.3 is 11.9 Å². The summed E-state index contributed by atoms with van der Waals surface area (Å²) >= 11 is 0. The summed E-state index contributed by atoms with van der Waals surface area (Å²) in [7, 11) is 0. The Hall–Kier alpha value is -1.63. The molecule has 1 aliphatic rings. The Morgan fingerprint density at radius 2 is 1.47 bits per heavy atom. The molecular formula is C12H20N2O5. The van der Waals surface area contributed by atoms with Crippen LogP contribution in [0.25, 0.3) is 0 Å². The molecule has 1 rings (SSSR count). The highest BCUT2D eigenvalue weighted by molar-refractivity contribution is 5.80. The largest absolute Gasteiger partial charge is 0.480 e. The maximum Gasteiger partial charge on any atom is 0.317 e. The monoisotopic (exact) mass is 272 g/mol. The molecule has 7 nitrogen and oxygen atoms in total. The third-order valence-corrected chi connectivity index (χ3v) is 3.06. The minimum Gasteiger partial charge on any atom is -0.480 e. The number of carboxylic acid groups (broad SMARTS) is 2. The number of amides is 1. The van der Waals surface area contributed by atoms with Crippen molar-refractivity contribution < 1.29 is 24.6 Å². The van der Waals surface area contributed by atoms with Gasteiger partial charge in [0.25, 0.3) is 0 Å². The van der Waals surface area contributed by atoms with Crippen molar-refractivity contribution >= 4 is 17.8 Å². The summed E-state index contributed by atoms with van der Waals surface area (Å²) in [4.78, 5) is 34.0. The second-order valence-electron chi connectivity index (χ2n) is 4.84. The van der Waals surface area contributed by atoms with Gasteiger partial charge in [-0.15, -0.1) is 0 Å². The summed E-state index contributed by atoms with van der Waals surface area (Å²) in [5, 5.41) is 20.2. The van der Waals surface area contributed by atoms with E-state index in [0.29, 0.717) is 0 Å². The third-order valence-electron chi connectivity index (χ3n) is 3.06. The Balaban J connectivity index is 2.40. The molecule has 0 atom stereocenters. The average molecular weight is 272 g/mol. The van der Waals surface area contributed by atoms with E-state index in [-0.39, 0.29) is 18.5 Å². The number of rotatable bonds is 7. The smallest absolute Gasteiger partial charge is 0.317 e. The lowest BCUT2D eigenvalue weighted by atomic mass is 9.95. The molecule has 0 bridgehead atoms. The van der Waals surface area contributed by atoms with Gasteiger partial charge in [-0.3, -0.25) is 19.3 Å². The summed E-state index contributed by atoms with van der Waals surface area (Å²) in [5.41, 5.74) is 0. The Bertz CT molecular complexity index is 323. The lowest BCUT2D eigenvalue weighted by Crippen LogP contribution is -2.45. The van der Waals surface area contributed by atoms with Gasteiger partial charge in [0.15, 0.2) is 0 Å². The quantitative estimate of drug-likeness (QED) is 0.598. The minimum atomic E-state index is -1.15. The van der Waals surface area contributed by atoms with Crippen molar-refractivity contribution in [1.82, 2.24) is 10.2 Å². The molecule has 0 heterocycles. The molecule has 1 aliphatic carbocycles. The highest BCUT2D eigenvalue weighted by Gasteiger charge is 2.20. The van der Waals surface area contributed by atoms with Gasteiger partial charge in [0.1, 0.15) is 0 Å². The van der Waals surface area contributed by atoms with Crippen LogP contribution in [0.1, 0.15) is 32.1 Å². The van der Waals surface area contributed by atoms with Gasteiger partial charge in [-0.25, -0.2) is 0 Å². The number of hydrogen-bond acceptors (Lipinski definition) is 4. The topological polar surface area (TPSA) is 107 Å². The Morgan fingerprint density at radius 1 is 0.947 bits per heavy atom. The molecule has 0 spiro atoms. The summed E-state index contributed by atoms with van der Waals surface area (Å²) in [6.45, 7) is -1.11. The van der Waals surface area contributed by atoms with Crippen LogP contribution in [-0.4, -0.2) is 58.6 Å². The van der Waals surface area contributed by atoms with Gasteiger partial charge in [0.05, 0.1) is 19.6 Å². The molecular weight excluding hydrogens is 252 g/mol. The van der Waals surface area contributed by atoms with Crippen LogP contribution in [0.4, 0.5) is 0 Å². The van der Waals surface area contributed by atoms with Crippen molar-refractivity contribution in [3.8, 4) is 0 Å². The second kappa shape index (κ2) is 7.73. The zero-order valence-corrected chi connectivity index (χ0v) is 10.8. The standard InChI is InChI=1S/C12H20N2O5/c15-10(13-9-4-2-1-3-5-9)6-14(7-11(16)17)8-12(18)19/h9H,1-8H2,(H,13,15)(H,16,17)(H,18,19). The van der Waals surface area contributed by atoms with Gasteiger partial charge in [-0.05, 0) is 12.8 Å². The number of carboxylic acids is 2. The first-order valence-corrected chi connectivity index (χ1v) is 6.42. The number of nitrogens with one attached hydrogen (secondary N) is 1. The van der Waals surface area contributed by atoms with Crippen LogP contribution in [0.3, 0.4) is 0 Å². The van der Waals surface area contributed by atoms with E-state index in [2.05, 4.69) is 5.32 Å². The fraction of sp³-hybridized carbons (Fsp3) is 0.750. The predicted molar refractivity (Wildman–Crippen MR) is 66.7 cm³/mol. The van der Waals surface area contributed by atoms with Crippen molar-refractivity contribution in [1.29, 1.82) is 0 Å². The van der Waals surface area contributed by atoms with E-state index in [1.807, 2.05) is 0 Å². The Labute approximate surface area is 111 Å². The van der Waals surface area contributed by atoms with Crippen LogP contribution in [0.15, 0.2) is 0 Å². The number of carbonyl (C=O) groups excluding carboxylic acids is 1. The first kappa shape index (κ1) is 15.4. The fourth-order valence-electron chi connectivity index (χ4n) is 2.27. The first-order valence-electron chi connectivity index (χ1n) is 6.42. The predicted octanol–water partition coefficient (Wildman–Crippen LogP) is -0.0935. The molecule has 1 saturated carbocycles. The Morgan fingerprint density at radius 3 is 1.95 bits per heavy atom. The summed E-state index contributed by atoms with van der Waals surface area (Å²) < 4.78 is 0. The zero-order chi connectivity index (χ0) is 14.3. The first-order chi connectivity index (χ1) is 8.97. The van der Waals surface area contributed by atoms with E-state index >= 15 is 0 Å². The maximum atomic E-state index is 11.7. The SMILES string of the molecule is O=C(O)CN(CC(=O)O)CC(=O)NC1CCCCC1. The molecule has 0 aromatic heterocycles. The number of carbonyl (C=O) groups is 3. The van der Waals surface area contributed by atoms with Gasteiger partial charge < -0.3 is 15.5 Å². The van der Waals surface area contributed by atoms with Crippen LogP contribution in [0, 0.1) is 0 Å². The molecule has 0 unspecified atom stereocenters. The molecule has 0 saturated heterocycles. The molecule has 0 radical (unpaired) electrons. The van der Waals surface area contributed by atoms with Crippen molar-refractivity contribution in [3.63, 3.8) is 0 Å². The van der Waals surface area contributed by atoms with Gasteiger partial charge in [-0.1, -0.05) is 19.3 Å². The molecule has 0 aromatic carbocycles. The molecule has 1 fully saturated rings. The van der Waals surface area contributed by atoms with E-state index in [9.17, 15) is 14.4 Å². The van der Waals surface area contributed by atoms with Crippen molar-refractivity contribution in [2.45, 2.75) is 38.1 Å². The molecule has 108 valence electrons. The maximum absolute atomic E-state index is 11.7. The van der Waals surface area contributed by atoms with Crippen molar-refractivity contribution in [2.24, 2.45) is 0 Å². The van der Waals surface area contributed by atoms with Gasteiger partial charge in [0, 0.05) is 6.04 Å². The number of nitrogens with zero attached hydrogens (tertiary/aromatic N) is 1. The van der Waals surface area contributed by atoms with E-state index in [1.54, 1.807) is 0 Å². The molecule has 7 heteroatoms. The average Bonchev–Trinajstić information content (AvgIpc) is 2.27. The summed E-state index contributed by atoms with van der Waals surface area (Å²) in [5.74, 6) is -2.60. The fourth-order valence-corrected chi connectivity index (χ4v) is 2.27. The third kappa shape index (κ3) is 6.76. The van der Waals surface area contributed by atoms with E-state index in [4.69, 9.17) is 10.2 Å². The highest BCUT2D eigenvalue weighted by atomic mass is 16.4. The lowest BCUT2D eigenvalue weighted by molar-refractivity contribution is -0.142. The molecule has 0 aliphatic heterocycles. The normalized spacial score (nSPS) is 16.3. The van der Waals surface area contributed by atoms with Gasteiger partial charge in [-0.2, -0.15) is 0 Å². The zero-order valence-electron chi connectivity index (χ0n) is 10.8. The molecule has 1 amide bonds. The number of aliphatic carboxylic acids is 2. The van der Waals surface area contributed by atoms with Crippen LogP contribution >= 0.6 is 0 Å². The summed E-state index contributed by atoms with van der Waals surface area (Å²) in [6, 6.07) is 0.137. The Kier molecular flexibility index (Phi) is 6.27. The summed E-state index contributed by atoms with van der Waals surface area (Å²) in [6.07, 6.45) is 5.21. The highest BCUT2D eigenvalue weighted by Crippen LogP contribution is 2.17. The van der Waals surface area contributed by atoms with Crippen molar-refractivity contribution in [2.75, 3.05) is 19.6 Å². The van der Waals surface area contributed by atoms with Crippen LogP contribution in [-0.2, 0) is 14.4 Å². The molecule has 3 N–H and O–H groups in total. The van der Waals surface area contributed by atoms with Crippen LogP contribution in [0.2, 0.25) is 0 Å². The van der Waals surface area contributed by atoms with E-state index in [1.165, 1.54) is 6.42 Å². The molecule has 0 aromatic rings. The second-order valence-corrected chi connectivity index (χ2v) is 4.84. The number of hydrogen-bond donors (Lipinski definition) is 3. The minimum absolute atomic E-state index is 0.137. The lowest BCUT2D eigenvalue weighted by Gasteiger charge is -2.24.